The van der Waals surface area contributed by atoms with Crippen molar-refractivity contribution in [1.82, 2.24) is 0 Å². The first kappa shape index (κ1) is 16.6. The molecular formula is C22H20O4. The average Bonchev–Trinajstić information content (AvgIpc) is 2.68. The van der Waals surface area contributed by atoms with Crippen molar-refractivity contribution >= 4 is 16.8 Å². The second kappa shape index (κ2) is 6.79. The van der Waals surface area contributed by atoms with E-state index in [4.69, 9.17) is 9.15 Å². The third kappa shape index (κ3) is 3.03. The van der Waals surface area contributed by atoms with Crippen LogP contribution in [0.4, 0.5) is 0 Å². The SMILES string of the molecule is C[C@@H](Oc1ccc2c3c(c(=O)oc2c1)CCCC3)C(=O)c1ccccc1. The van der Waals surface area contributed by atoms with E-state index in [-0.39, 0.29) is 11.4 Å². The van der Waals surface area contributed by atoms with Gasteiger partial charge in [0, 0.05) is 22.6 Å². The molecule has 1 aliphatic carbocycles. The zero-order valence-corrected chi connectivity index (χ0v) is 14.7. The fourth-order valence-electron chi connectivity index (χ4n) is 3.59. The summed E-state index contributed by atoms with van der Waals surface area (Å²) >= 11 is 0. The highest BCUT2D eigenvalue weighted by Crippen LogP contribution is 2.29. The monoisotopic (exact) mass is 348 g/mol. The molecule has 0 amide bonds. The minimum atomic E-state index is -0.626. The molecule has 0 fully saturated rings. The Morgan fingerprint density at radius 1 is 1.04 bits per heavy atom. The van der Waals surface area contributed by atoms with E-state index in [0.717, 1.165) is 42.2 Å². The highest BCUT2D eigenvalue weighted by molar-refractivity contribution is 5.99. The summed E-state index contributed by atoms with van der Waals surface area (Å²) in [5, 5.41) is 0.966. The highest BCUT2D eigenvalue weighted by atomic mass is 16.5. The number of carbonyl (C=O) groups excluding carboxylic acids is 1. The van der Waals surface area contributed by atoms with Crippen LogP contribution in [0.1, 0.15) is 41.3 Å². The Bertz CT molecular complexity index is 1020. The van der Waals surface area contributed by atoms with Gasteiger partial charge in [-0.1, -0.05) is 30.3 Å². The van der Waals surface area contributed by atoms with E-state index in [1.165, 1.54) is 0 Å². The van der Waals surface area contributed by atoms with Crippen LogP contribution in [-0.4, -0.2) is 11.9 Å². The summed E-state index contributed by atoms with van der Waals surface area (Å²) in [7, 11) is 0. The van der Waals surface area contributed by atoms with Crippen molar-refractivity contribution in [2.75, 3.05) is 0 Å². The van der Waals surface area contributed by atoms with Crippen LogP contribution >= 0.6 is 0 Å². The largest absolute Gasteiger partial charge is 0.482 e. The van der Waals surface area contributed by atoms with Crippen molar-refractivity contribution in [3.05, 3.63) is 75.6 Å². The standard InChI is InChI=1S/C22H20O4/c1-14(21(23)15-7-3-2-4-8-15)25-16-11-12-18-17-9-5-6-10-19(17)22(24)26-20(18)13-16/h2-4,7-8,11-14H,5-6,9-10H2,1H3/t14-/m1/s1. The summed E-state index contributed by atoms with van der Waals surface area (Å²) in [4.78, 5) is 24.7. The highest BCUT2D eigenvalue weighted by Gasteiger charge is 2.20. The lowest BCUT2D eigenvalue weighted by atomic mass is 9.91. The van der Waals surface area contributed by atoms with Crippen LogP contribution < -0.4 is 10.4 Å². The Hall–Kier alpha value is -2.88. The Kier molecular flexibility index (Phi) is 4.33. The number of rotatable bonds is 4. The molecule has 1 aromatic heterocycles. The molecule has 0 saturated heterocycles. The lowest BCUT2D eigenvalue weighted by molar-refractivity contribution is 0.0818. The third-order valence-electron chi connectivity index (χ3n) is 4.94. The van der Waals surface area contributed by atoms with Gasteiger partial charge in [-0.3, -0.25) is 4.79 Å². The molecule has 1 heterocycles. The molecule has 26 heavy (non-hydrogen) atoms. The van der Waals surface area contributed by atoms with Gasteiger partial charge in [0.25, 0.3) is 0 Å². The van der Waals surface area contributed by atoms with E-state index in [9.17, 15) is 9.59 Å². The van der Waals surface area contributed by atoms with Gasteiger partial charge in [-0.2, -0.15) is 0 Å². The van der Waals surface area contributed by atoms with Gasteiger partial charge in [0.2, 0.25) is 5.78 Å². The maximum Gasteiger partial charge on any atom is 0.339 e. The fraction of sp³-hybridized carbons (Fsp3) is 0.273. The summed E-state index contributed by atoms with van der Waals surface area (Å²) in [6.45, 7) is 1.72. The van der Waals surface area contributed by atoms with Gasteiger partial charge in [-0.15, -0.1) is 0 Å². The Morgan fingerprint density at radius 3 is 2.54 bits per heavy atom. The number of hydrogen-bond donors (Lipinski definition) is 0. The molecule has 0 aliphatic heterocycles. The van der Waals surface area contributed by atoms with E-state index in [2.05, 4.69) is 0 Å². The summed E-state index contributed by atoms with van der Waals surface area (Å²) in [5.41, 5.74) is 2.79. The average molecular weight is 348 g/mol. The molecule has 0 radical (unpaired) electrons. The summed E-state index contributed by atoms with van der Waals surface area (Å²) in [6.07, 6.45) is 3.18. The summed E-state index contributed by atoms with van der Waals surface area (Å²) in [6, 6.07) is 14.5. The second-order valence-corrected chi connectivity index (χ2v) is 6.70. The van der Waals surface area contributed by atoms with Crippen molar-refractivity contribution in [1.29, 1.82) is 0 Å². The lowest BCUT2D eigenvalue weighted by Crippen LogP contribution is -2.23. The number of hydrogen-bond acceptors (Lipinski definition) is 4. The van der Waals surface area contributed by atoms with Gasteiger partial charge in [0.05, 0.1) is 0 Å². The summed E-state index contributed by atoms with van der Waals surface area (Å²) < 4.78 is 11.3. The molecule has 4 rings (SSSR count). The maximum absolute atomic E-state index is 12.5. The number of aryl methyl sites for hydroxylation is 1. The fourth-order valence-corrected chi connectivity index (χ4v) is 3.59. The van der Waals surface area contributed by atoms with Crippen LogP contribution in [0.15, 0.2) is 57.7 Å². The molecule has 3 aromatic rings. The number of ketones is 1. The van der Waals surface area contributed by atoms with Crippen molar-refractivity contribution in [2.24, 2.45) is 0 Å². The molecule has 0 saturated carbocycles. The zero-order chi connectivity index (χ0) is 18.1. The lowest BCUT2D eigenvalue weighted by Gasteiger charge is -2.17. The van der Waals surface area contributed by atoms with Gasteiger partial charge in [-0.25, -0.2) is 4.79 Å². The Morgan fingerprint density at radius 2 is 1.77 bits per heavy atom. The summed E-state index contributed by atoms with van der Waals surface area (Å²) in [5.74, 6) is 0.436. The molecule has 0 unspecified atom stereocenters. The molecular weight excluding hydrogens is 328 g/mol. The van der Waals surface area contributed by atoms with Gasteiger partial charge < -0.3 is 9.15 Å². The van der Waals surface area contributed by atoms with E-state index in [1.807, 2.05) is 30.3 Å². The predicted molar refractivity (Wildman–Crippen MR) is 100.0 cm³/mol. The Labute approximate surface area is 151 Å². The van der Waals surface area contributed by atoms with E-state index in [1.54, 1.807) is 25.1 Å². The minimum absolute atomic E-state index is 0.0856. The maximum atomic E-state index is 12.5. The molecule has 0 bridgehead atoms. The number of ether oxygens (including phenoxy) is 1. The van der Waals surface area contributed by atoms with Crippen molar-refractivity contribution in [3.8, 4) is 5.75 Å². The van der Waals surface area contributed by atoms with Crippen molar-refractivity contribution < 1.29 is 13.9 Å². The number of benzene rings is 2. The van der Waals surface area contributed by atoms with Crippen molar-refractivity contribution in [3.63, 3.8) is 0 Å². The van der Waals surface area contributed by atoms with Crippen LogP contribution in [0, 0.1) is 0 Å². The quantitative estimate of drug-likeness (QED) is 0.520. The third-order valence-corrected chi connectivity index (χ3v) is 4.94. The Balaban J connectivity index is 1.64. The molecule has 0 N–H and O–H groups in total. The van der Waals surface area contributed by atoms with E-state index >= 15 is 0 Å². The first-order chi connectivity index (χ1) is 12.6. The van der Waals surface area contributed by atoms with Gasteiger partial charge in [-0.05, 0) is 50.3 Å². The molecule has 1 atom stereocenters. The van der Waals surface area contributed by atoms with Crippen LogP contribution in [0.2, 0.25) is 0 Å². The topological polar surface area (TPSA) is 56.5 Å². The normalized spacial score (nSPS) is 14.7. The molecule has 0 spiro atoms. The zero-order valence-electron chi connectivity index (χ0n) is 14.7. The predicted octanol–water partition coefficient (Wildman–Crippen LogP) is 4.32. The van der Waals surface area contributed by atoms with E-state index in [0.29, 0.717) is 16.9 Å². The van der Waals surface area contributed by atoms with Crippen LogP contribution in [-0.2, 0) is 12.8 Å². The second-order valence-electron chi connectivity index (χ2n) is 6.70. The van der Waals surface area contributed by atoms with Gasteiger partial charge in [0.1, 0.15) is 11.3 Å². The van der Waals surface area contributed by atoms with Gasteiger partial charge >= 0.3 is 5.63 Å². The first-order valence-corrected chi connectivity index (χ1v) is 8.98. The van der Waals surface area contributed by atoms with Crippen LogP contribution in [0.3, 0.4) is 0 Å². The van der Waals surface area contributed by atoms with Crippen LogP contribution in [0.25, 0.3) is 11.0 Å². The number of carbonyl (C=O) groups is 1. The van der Waals surface area contributed by atoms with Crippen LogP contribution in [0.5, 0.6) is 5.75 Å². The smallest absolute Gasteiger partial charge is 0.339 e. The van der Waals surface area contributed by atoms with Gasteiger partial charge in [0.15, 0.2) is 6.10 Å². The first-order valence-electron chi connectivity index (χ1n) is 8.98. The molecule has 1 aliphatic rings. The van der Waals surface area contributed by atoms with Crippen molar-refractivity contribution in [2.45, 2.75) is 38.7 Å². The van der Waals surface area contributed by atoms with E-state index < -0.39 is 6.10 Å². The molecule has 4 nitrogen and oxygen atoms in total. The minimum Gasteiger partial charge on any atom is -0.482 e. The molecule has 132 valence electrons. The molecule has 4 heteroatoms. The molecule has 2 aromatic carbocycles. The number of fused-ring (bicyclic) bond motifs is 3. The number of Topliss-reactive ketones (excluding diaryl/α,β-unsaturated/α-hetero) is 1.